The van der Waals surface area contributed by atoms with Gasteiger partial charge < -0.3 is 14.5 Å². The van der Waals surface area contributed by atoms with Crippen LogP contribution in [0.1, 0.15) is 29.3 Å². The summed E-state index contributed by atoms with van der Waals surface area (Å²) < 4.78 is 11.7. The summed E-state index contributed by atoms with van der Waals surface area (Å²) in [6.07, 6.45) is 2.86. The highest BCUT2D eigenvalue weighted by molar-refractivity contribution is 6.32. The standard InChI is InChI=1S/C29H27Cl2N5O3/c30-20-8-11-25-23(16-20)22-12-14-36(29(37)39-26-5-2-1-4-24(26)31)28(27(22)34-25)19-6-9-21(10-7-19)38-15-3-13-35-18-32-17-33-35/h1-2,4-11,16,18,28,33-34H,3,12-15,17H2. The lowest BCUT2D eigenvalue weighted by Gasteiger charge is -2.35. The summed E-state index contributed by atoms with van der Waals surface area (Å²) in [7, 11) is 0. The second-order valence-electron chi connectivity index (χ2n) is 9.43. The van der Waals surface area contributed by atoms with Crippen LogP contribution in [0.4, 0.5) is 4.79 Å². The van der Waals surface area contributed by atoms with E-state index in [1.54, 1.807) is 35.5 Å². The number of nitrogens with one attached hydrogen (secondary N) is 2. The molecule has 0 aliphatic carbocycles. The van der Waals surface area contributed by atoms with Crippen molar-refractivity contribution < 1.29 is 14.3 Å². The number of amides is 1. The Hall–Kier alpha value is -3.72. The van der Waals surface area contributed by atoms with E-state index in [0.717, 1.165) is 46.4 Å². The maximum absolute atomic E-state index is 13.5. The average molecular weight is 564 g/mol. The van der Waals surface area contributed by atoms with Crippen LogP contribution in [0.2, 0.25) is 10.0 Å². The van der Waals surface area contributed by atoms with Crippen molar-refractivity contribution in [2.24, 2.45) is 4.99 Å². The van der Waals surface area contributed by atoms with Gasteiger partial charge in [-0.2, -0.15) is 0 Å². The minimum Gasteiger partial charge on any atom is -0.494 e. The highest BCUT2D eigenvalue weighted by atomic mass is 35.5. The molecule has 2 aliphatic rings. The smallest absolute Gasteiger partial charge is 0.416 e. The lowest BCUT2D eigenvalue weighted by Crippen LogP contribution is -2.42. The molecule has 10 heteroatoms. The number of carbonyl (C=O) groups is 1. The van der Waals surface area contributed by atoms with E-state index in [1.165, 1.54) is 0 Å². The quantitative estimate of drug-likeness (QED) is 0.262. The molecule has 0 saturated heterocycles. The van der Waals surface area contributed by atoms with Crippen molar-refractivity contribution in [1.82, 2.24) is 20.3 Å². The van der Waals surface area contributed by atoms with E-state index in [0.29, 0.717) is 42.0 Å². The van der Waals surface area contributed by atoms with E-state index in [-0.39, 0.29) is 6.04 Å². The number of nitrogens with zero attached hydrogens (tertiary/aromatic N) is 3. The topological polar surface area (TPSA) is 82.2 Å². The van der Waals surface area contributed by atoms with Gasteiger partial charge in [0.2, 0.25) is 0 Å². The van der Waals surface area contributed by atoms with Gasteiger partial charge in [-0.3, -0.25) is 14.9 Å². The van der Waals surface area contributed by atoms with Crippen molar-refractivity contribution in [2.45, 2.75) is 18.9 Å². The zero-order chi connectivity index (χ0) is 26.8. The molecule has 2 aliphatic heterocycles. The largest absolute Gasteiger partial charge is 0.494 e. The molecule has 200 valence electrons. The number of fused-ring (bicyclic) bond motifs is 3. The van der Waals surface area contributed by atoms with Crippen LogP contribution in [-0.2, 0) is 6.42 Å². The van der Waals surface area contributed by atoms with Crippen LogP contribution in [0.5, 0.6) is 11.5 Å². The molecule has 1 aromatic heterocycles. The van der Waals surface area contributed by atoms with E-state index in [2.05, 4.69) is 15.4 Å². The second-order valence-corrected chi connectivity index (χ2v) is 10.3. The summed E-state index contributed by atoms with van der Waals surface area (Å²) in [4.78, 5) is 22.9. The van der Waals surface area contributed by atoms with Crippen molar-refractivity contribution in [3.63, 3.8) is 0 Å². The summed E-state index contributed by atoms with van der Waals surface area (Å²) in [6.45, 7) is 2.50. The molecule has 1 atom stereocenters. The van der Waals surface area contributed by atoms with Crippen LogP contribution in [-0.4, -0.2) is 53.7 Å². The molecule has 4 aromatic rings. The van der Waals surface area contributed by atoms with Crippen molar-refractivity contribution >= 4 is 46.5 Å². The van der Waals surface area contributed by atoms with Crippen LogP contribution in [0.3, 0.4) is 0 Å². The predicted octanol–water partition coefficient (Wildman–Crippen LogP) is 6.20. The number of carbonyl (C=O) groups excluding carboxylic acids is 1. The Kier molecular flexibility index (Phi) is 7.32. The van der Waals surface area contributed by atoms with Crippen molar-refractivity contribution in [3.8, 4) is 11.5 Å². The number of ether oxygens (including phenoxy) is 2. The number of aliphatic imine (C=N–C) groups is 1. The maximum Gasteiger partial charge on any atom is 0.416 e. The molecule has 3 aromatic carbocycles. The van der Waals surface area contributed by atoms with E-state index < -0.39 is 6.09 Å². The normalized spacial score (nSPS) is 16.5. The molecule has 0 saturated carbocycles. The Bertz CT molecular complexity index is 1520. The van der Waals surface area contributed by atoms with Gasteiger partial charge in [0.15, 0.2) is 5.75 Å². The van der Waals surface area contributed by atoms with Gasteiger partial charge in [-0.25, -0.2) is 10.2 Å². The molecule has 0 spiro atoms. The Balaban J connectivity index is 1.26. The number of aromatic amines is 1. The van der Waals surface area contributed by atoms with Crippen LogP contribution in [0, 0.1) is 0 Å². The first kappa shape index (κ1) is 25.6. The number of hydrazine groups is 1. The van der Waals surface area contributed by atoms with Gasteiger partial charge in [0.25, 0.3) is 0 Å². The molecular formula is C29H27Cl2N5O3. The van der Waals surface area contributed by atoms with Crippen LogP contribution in [0.15, 0.2) is 71.7 Å². The zero-order valence-electron chi connectivity index (χ0n) is 21.1. The van der Waals surface area contributed by atoms with Crippen LogP contribution in [0.25, 0.3) is 10.9 Å². The van der Waals surface area contributed by atoms with Crippen molar-refractivity contribution in [2.75, 3.05) is 26.4 Å². The van der Waals surface area contributed by atoms with E-state index in [4.69, 9.17) is 32.7 Å². The molecule has 2 N–H and O–H groups in total. The summed E-state index contributed by atoms with van der Waals surface area (Å²) >= 11 is 12.6. The first-order valence-corrected chi connectivity index (χ1v) is 13.6. The van der Waals surface area contributed by atoms with Gasteiger partial charge in [-0.15, -0.1) is 0 Å². The minimum atomic E-state index is -0.463. The maximum atomic E-state index is 13.5. The number of benzene rings is 3. The molecule has 6 rings (SSSR count). The number of para-hydroxylation sites is 1. The van der Waals surface area contributed by atoms with Gasteiger partial charge in [-0.1, -0.05) is 47.5 Å². The molecular weight excluding hydrogens is 537 g/mol. The number of halogens is 2. The highest BCUT2D eigenvalue weighted by Gasteiger charge is 2.36. The molecule has 0 radical (unpaired) electrons. The number of H-pyrrole nitrogens is 1. The molecule has 0 fully saturated rings. The Morgan fingerprint density at radius 2 is 1.92 bits per heavy atom. The Morgan fingerprint density at radius 1 is 1.08 bits per heavy atom. The second kappa shape index (κ2) is 11.2. The molecule has 3 heterocycles. The zero-order valence-corrected chi connectivity index (χ0v) is 22.6. The van der Waals surface area contributed by atoms with Crippen molar-refractivity contribution in [1.29, 1.82) is 0 Å². The number of aromatic nitrogens is 1. The number of hydrogen-bond acceptors (Lipinski definition) is 6. The third-order valence-electron chi connectivity index (χ3n) is 6.95. The first-order valence-electron chi connectivity index (χ1n) is 12.8. The third kappa shape index (κ3) is 5.41. The van der Waals surface area contributed by atoms with Gasteiger partial charge >= 0.3 is 6.09 Å². The van der Waals surface area contributed by atoms with Crippen LogP contribution < -0.4 is 14.9 Å². The molecule has 1 unspecified atom stereocenters. The van der Waals surface area contributed by atoms with E-state index in [1.807, 2.05) is 47.5 Å². The van der Waals surface area contributed by atoms with Crippen molar-refractivity contribution in [3.05, 3.63) is 93.6 Å². The Morgan fingerprint density at radius 3 is 2.72 bits per heavy atom. The summed E-state index contributed by atoms with van der Waals surface area (Å²) in [5.41, 5.74) is 7.16. The molecule has 1 amide bonds. The third-order valence-corrected chi connectivity index (χ3v) is 7.50. The van der Waals surface area contributed by atoms with Gasteiger partial charge in [0, 0.05) is 41.1 Å². The fraction of sp³-hybridized carbons (Fsp3) is 0.241. The lowest BCUT2D eigenvalue weighted by molar-refractivity contribution is 0.135. The lowest BCUT2D eigenvalue weighted by atomic mass is 9.92. The molecule has 0 bridgehead atoms. The average Bonchev–Trinajstić information content (AvgIpc) is 3.60. The SMILES string of the molecule is O=C(Oc1ccccc1Cl)N1CCc2c([nH]c3ccc(Cl)cc23)C1c1ccc(OCCCN2C=NCN2)cc1. The molecule has 8 nitrogen and oxygen atoms in total. The molecule has 39 heavy (non-hydrogen) atoms. The van der Waals surface area contributed by atoms with Gasteiger partial charge in [0.05, 0.1) is 11.6 Å². The van der Waals surface area contributed by atoms with E-state index in [9.17, 15) is 4.79 Å². The first-order chi connectivity index (χ1) is 19.1. The number of rotatable bonds is 7. The summed E-state index contributed by atoms with van der Waals surface area (Å²) in [5, 5.41) is 4.08. The minimum absolute atomic E-state index is 0.330. The monoisotopic (exact) mass is 563 g/mol. The highest BCUT2D eigenvalue weighted by Crippen LogP contribution is 2.40. The summed E-state index contributed by atoms with van der Waals surface area (Å²) in [5.74, 6) is 1.10. The Labute approximate surface area is 236 Å². The number of hydrogen-bond donors (Lipinski definition) is 2. The predicted molar refractivity (Wildman–Crippen MR) is 153 cm³/mol. The fourth-order valence-corrected chi connectivity index (χ4v) is 5.45. The van der Waals surface area contributed by atoms with Gasteiger partial charge in [0.1, 0.15) is 24.8 Å². The van der Waals surface area contributed by atoms with Crippen LogP contribution >= 0.6 is 23.2 Å². The fourth-order valence-electron chi connectivity index (χ4n) is 5.10. The van der Waals surface area contributed by atoms with E-state index >= 15 is 0 Å². The summed E-state index contributed by atoms with van der Waals surface area (Å²) in [6, 6.07) is 20.3. The van der Waals surface area contributed by atoms with Gasteiger partial charge in [-0.05, 0) is 60.0 Å².